The highest BCUT2D eigenvalue weighted by Crippen LogP contribution is 2.34. The molecule has 0 fully saturated rings. The van der Waals surface area contributed by atoms with Gasteiger partial charge in [-0.15, -0.1) is 0 Å². The Balaban J connectivity index is 2.29. The van der Waals surface area contributed by atoms with Gasteiger partial charge in [-0.05, 0) is 75.7 Å². The number of aliphatic hydroxyl groups excluding tert-OH is 1. The Labute approximate surface area is 142 Å². The van der Waals surface area contributed by atoms with Crippen LogP contribution in [0.5, 0.6) is 5.75 Å². The molecule has 118 valence electrons. The molecular weight excluding hydrogens is 404 g/mol. The lowest BCUT2D eigenvalue weighted by molar-refractivity contribution is -0.143. The Morgan fingerprint density at radius 1 is 1.19 bits per heavy atom. The number of aliphatic hydroxyl groups is 1. The van der Waals surface area contributed by atoms with E-state index in [1.54, 1.807) is 0 Å². The number of hydrogen-bond acceptors (Lipinski definition) is 4. The summed E-state index contributed by atoms with van der Waals surface area (Å²) in [5.74, 6) is 0.598. The summed E-state index contributed by atoms with van der Waals surface area (Å²) in [6.45, 7) is 2.82. The van der Waals surface area contributed by atoms with Crippen molar-refractivity contribution in [3.63, 3.8) is 0 Å². The van der Waals surface area contributed by atoms with Gasteiger partial charge in [0.15, 0.2) is 0 Å². The number of halogens is 2. The van der Waals surface area contributed by atoms with Gasteiger partial charge in [0.05, 0.1) is 28.8 Å². The van der Waals surface area contributed by atoms with Gasteiger partial charge in [0.25, 0.3) is 0 Å². The lowest BCUT2D eigenvalue weighted by atomic mass is 10.2. The van der Waals surface area contributed by atoms with Gasteiger partial charge in [0.2, 0.25) is 0 Å². The van der Waals surface area contributed by atoms with Crippen molar-refractivity contribution in [1.82, 2.24) is 0 Å². The molecule has 0 aliphatic rings. The SMILES string of the molecule is CCOC(=O)CCCCCOc1c(Br)cc(CO)cc1Br. The van der Waals surface area contributed by atoms with Crippen LogP contribution < -0.4 is 4.74 Å². The summed E-state index contributed by atoms with van der Waals surface area (Å²) >= 11 is 6.86. The van der Waals surface area contributed by atoms with E-state index in [2.05, 4.69) is 31.9 Å². The van der Waals surface area contributed by atoms with Crippen LogP contribution in [0.3, 0.4) is 0 Å². The third-order valence-corrected chi connectivity index (χ3v) is 4.00. The highest BCUT2D eigenvalue weighted by Gasteiger charge is 2.09. The maximum Gasteiger partial charge on any atom is 0.305 e. The zero-order valence-corrected chi connectivity index (χ0v) is 15.2. The van der Waals surface area contributed by atoms with Crippen molar-refractivity contribution in [2.45, 2.75) is 39.2 Å². The molecule has 6 heteroatoms. The van der Waals surface area contributed by atoms with E-state index in [1.165, 1.54) is 0 Å². The molecule has 4 nitrogen and oxygen atoms in total. The van der Waals surface area contributed by atoms with Gasteiger partial charge in [-0.3, -0.25) is 4.79 Å². The van der Waals surface area contributed by atoms with Gasteiger partial charge in [0, 0.05) is 6.42 Å². The monoisotopic (exact) mass is 422 g/mol. The molecule has 0 bridgehead atoms. The fourth-order valence-electron chi connectivity index (χ4n) is 1.80. The van der Waals surface area contributed by atoms with Crippen molar-refractivity contribution in [3.8, 4) is 5.75 Å². The van der Waals surface area contributed by atoms with Crippen molar-refractivity contribution >= 4 is 37.8 Å². The minimum Gasteiger partial charge on any atom is -0.491 e. The van der Waals surface area contributed by atoms with Crippen molar-refractivity contribution in [2.24, 2.45) is 0 Å². The van der Waals surface area contributed by atoms with Gasteiger partial charge in [-0.25, -0.2) is 0 Å². The first-order valence-corrected chi connectivity index (χ1v) is 8.54. The molecule has 0 unspecified atom stereocenters. The van der Waals surface area contributed by atoms with Gasteiger partial charge in [0.1, 0.15) is 5.75 Å². The molecule has 0 saturated carbocycles. The molecule has 0 aromatic heterocycles. The average molecular weight is 424 g/mol. The maximum absolute atomic E-state index is 11.2. The van der Waals surface area contributed by atoms with Gasteiger partial charge >= 0.3 is 5.97 Å². The van der Waals surface area contributed by atoms with E-state index in [-0.39, 0.29) is 12.6 Å². The fourth-order valence-corrected chi connectivity index (χ4v) is 3.31. The Hall–Kier alpha value is -0.590. The molecule has 0 aliphatic carbocycles. The molecule has 0 saturated heterocycles. The minimum atomic E-state index is -0.136. The van der Waals surface area contributed by atoms with Crippen molar-refractivity contribution < 1.29 is 19.4 Å². The van der Waals surface area contributed by atoms with Crippen LogP contribution >= 0.6 is 31.9 Å². The summed E-state index contributed by atoms with van der Waals surface area (Å²) in [4.78, 5) is 11.2. The zero-order valence-electron chi connectivity index (χ0n) is 12.0. The lowest BCUT2D eigenvalue weighted by Gasteiger charge is -2.11. The number of carbonyl (C=O) groups is 1. The number of esters is 1. The van der Waals surface area contributed by atoms with Gasteiger partial charge in [-0.1, -0.05) is 0 Å². The first-order valence-electron chi connectivity index (χ1n) is 6.95. The second kappa shape index (κ2) is 10.2. The number of benzene rings is 1. The molecule has 1 aromatic rings. The third kappa shape index (κ3) is 6.80. The summed E-state index contributed by atoms with van der Waals surface area (Å²) in [5, 5.41) is 9.11. The van der Waals surface area contributed by atoms with Crippen LogP contribution in [0.2, 0.25) is 0 Å². The van der Waals surface area contributed by atoms with Crippen LogP contribution in [0, 0.1) is 0 Å². The molecule has 1 N–H and O–H groups in total. The van der Waals surface area contributed by atoms with E-state index >= 15 is 0 Å². The molecule has 0 atom stereocenters. The molecule has 21 heavy (non-hydrogen) atoms. The summed E-state index contributed by atoms with van der Waals surface area (Å²) in [7, 11) is 0. The number of ether oxygens (including phenoxy) is 2. The molecule has 0 heterocycles. The largest absolute Gasteiger partial charge is 0.491 e. The van der Waals surface area contributed by atoms with Crippen LogP contribution in [-0.2, 0) is 16.1 Å². The Kier molecular flexibility index (Phi) is 8.96. The molecule has 0 aliphatic heterocycles. The van der Waals surface area contributed by atoms with Crippen molar-refractivity contribution in [3.05, 3.63) is 26.6 Å². The summed E-state index contributed by atoms with van der Waals surface area (Å²) in [6.07, 6.45) is 3.07. The van der Waals surface area contributed by atoms with E-state index in [4.69, 9.17) is 14.6 Å². The average Bonchev–Trinajstić information content (AvgIpc) is 2.44. The first kappa shape index (κ1) is 18.5. The molecule has 0 amide bonds. The molecule has 1 aromatic carbocycles. The third-order valence-electron chi connectivity index (χ3n) is 2.82. The lowest BCUT2D eigenvalue weighted by Crippen LogP contribution is -2.04. The van der Waals surface area contributed by atoms with E-state index in [0.717, 1.165) is 39.5 Å². The summed E-state index contributed by atoms with van der Waals surface area (Å²) in [6, 6.07) is 3.67. The number of unbranched alkanes of at least 4 members (excludes halogenated alkanes) is 2. The predicted octanol–water partition coefficient (Wildman–Crippen LogP) is 4.21. The smallest absolute Gasteiger partial charge is 0.305 e. The number of carbonyl (C=O) groups excluding carboxylic acids is 1. The van der Waals surface area contributed by atoms with Crippen LogP contribution in [0.15, 0.2) is 21.1 Å². The molecular formula is C15H20Br2O4. The van der Waals surface area contributed by atoms with Crippen LogP contribution in [0.1, 0.15) is 38.2 Å². The normalized spacial score (nSPS) is 10.5. The standard InChI is InChI=1S/C15H20Br2O4/c1-2-20-14(19)6-4-3-5-7-21-15-12(16)8-11(10-18)9-13(15)17/h8-9,18H,2-7,10H2,1H3. The van der Waals surface area contributed by atoms with Gasteiger partial charge < -0.3 is 14.6 Å². The van der Waals surface area contributed by atoms with E-state index in [0.29, 0.717) is 19.6 Å². The highest BCUT2D eigenvalue weighted by atomic mass is 79.9. The predicted molar refractivity (Wildman–Crippen MR) is 88.4 cm³/mol. The van der Waals surface area contributed by atoms with Crippen molar-refractivity contribution in [1.29, 1.82) is 0 Å². The summed E-state index contributed by atoms with van der Waals surface area (Å²) < 4.78 is 12.2. The van der Waals surface area contributed by atoms with E-state index in [9.17, 15) is 4.79 Å². The topological polar surface area (TPSA) is 55.8 Å². The maximum atomic E-state index is 11.2. The Morgan fingerprint density at radius 3 is 2.43 bits per heavy atom. The number of rotatable bonds is 9. The van der Waals surface area contributed by atoms with Gasteiger partial charge in [-0.2, -0.15) is 0 Å². The second-order valence-electron chi connectivity index (χ2n) is 4.51. The Bertz CT molecular complexity index is 440. The van der Waals surface area contributed by atoms with Crippen LogP contribution in [0.25, 0.3) is 0 Å². The number of hydrogen-bond donors (Lipinski definition) is 1. The fraction of sp³-hybridized carbons (Fsp3) is 0.533. The quantitative estimate of drug-likeness (QED) is 0.477. The van der Waals surface area contributed by atoms with E-state index < -0.39 is 0 Å². The molecule has 0 radical (unpaired) electrons. The Morgan fingerprint density at radius 2 is 1.86 bits per heavy atom. The molecule has 1 rings (SSSR count). The van der Waals surface area contributed by atoms with Crippen LogP contribution in [-0.4, -0.2) is 24.3 Å². The second-order valence-corrected chi connectivity index (χ2v) is 6.22. The van der Waals surface area contributed by atoms with Crippen molar-refractivity contribution in [2.75, 3.05) is 13.2 Å². The highest BCUT2D eigenvalue weighted by molar-refractivity contribution is 9.11. The van der Waals surface area contributed by atoms with Crippen LogP contribution in [0.4, 0.5) is 0 Å². The minimum absolute atomic E-state index is 0.00859. The van der Waals surface area contributed by atoms with E-state index in [1.807, 2.05) is 19.1 Å². The first-order chi connectivity index (χ1) is 10.1. The summed E-state index contributed by atoms with van der Waals surface area (Å²) in [5.41, 5.74) is 0.815. The zero-order chi connectivity index (χ0) is 15.7. The molecule has 0 spiro atoms.